The predicted molar refractivity (Wildman–Crippen MR) is 96.0 cm³/mol. The van der Waals surface area contributed by atoms with Crippen LogP contribution in [0.5, 0.6) is 5.75 Å². The number of hydrogen-bond donors (Lipinski definition) is 2. The van der Waals surface area contributed by atoms with Crippen molar-refractivity contribution in [2.45, 2.75) is 26.2 Å². The molecule has 0 fully saturated rings. The minimum absolute atomic E-state index is 0.0252. The summed E-state index contributed by atoms with van der Waals surface area (Å²) < 4.78 is 5.66. The fourth-order valence-corrected chi connectivity index (χ4v) is 2.43. The number of carbonyl (C=O) groups excluding carboxylic acids is 1. The summed E-state index contributed by atoms with van der Waals surface area (Å²) in [6, 6.07) is 14.5. The van der Waals surface area contributed by atoms with Gasteiger partial charge in [-0.05, 0) is 49.1 Å². The van der Waals surface area contributed by atoms with Crippen LogP contribution in [0.4, 0.5) is 0 Å². The van der Waals surface area contributed by atoms with Crippen LogP contribution in [-0.4, -0.2) is 30.1 Å². The molecule has 2 N–H and O–H groups in total. The van der Waals surface area contributed by atoms with E-state index in [4.69, 9.17) is 9.84 Å². The average molecular weight is 341 g/mol. The first-order valence-corrected chi connectivity index (χ1v) is 8.33. The standard InChI is InChI=1S/C20H23NO4/c1-15-6-2-3-9-18(15)25-13-5-10-19(22)21-12-11-16-7-4-8-17(14-16)20(23)24/h2-4,6-9,14H,5,10-13H2,1H3,(H,21,22)(H,23,24). The molecule has 25 heavy (non-hydrogen) atoms. The average Bonchev–Trinajstić information content (AvgIpc) is 2.60. The normalized spacial score (nSPS) is 10.3. The second-order valence-corrected chi connectivity index (χ2v) is 5.82. The van der Waals surface area contributed by atoms with Crippen molar-refractivity contribution in [1.82, 2.24) is 5.32 Å². The van der Waals surface area contributed by atoms with Gasteiger partial charge in [0, 0.05) is 13.0 Å². The highest BCUT2D eigenvalue weighted by Gasteiger charge is 2.05. The molecule has 1 amide bonds. The number of aryl methyl sites for hydroxylation is 1. The Morgan fingerprint density at radius 2 is 1.92 bits per heavy atom. The number of amides is 1. The van der Waals surface area contributed by atoms with Crippen molar-refractivity contribution < 1.29 is 19.4 Å². The molecule has 0 aliphatic heterocycles. The molecule has 0 saturated heterocycles. The largest absolute Gasteiger partial charge is 0.493 e. The molecule has 0 aliphatic rings. The van der Waals surface area contributed by atoms with E-state index in [1.54, 1.807) is 18.2 Å². The summed E-state index contributed by atoms with van der Waals surface area (Å²) in [7, 11) is 0. The molecule has 5 heteroatoms. The number of hydrogen-bond acceptors (Lipinski definition) is 3. The lowest BCUT2D eigenvalue weighted by molar-refractivity contribution is -0.121. The maximum atomic E-state index is 11.8. The van der Waals surface area contributed by atoms with Crippen molar-refractivity contribution >= 4 is 11.9 Å². The highest BCUT2D eigenvalue weighted by atomic mass is 16.5. The first-order valence-electron chi connectivity index (χ1n) is 8.33. The SMILES string of the molecule is Cc1ccccc1OCCCC(=O)NCCc1cccc(C(=O)O)c1. The number of carboxylic acid groups (broad SMARTS) is 1. The molecule has 0 unspecified atom stereocenters. The molecule has 0 saturated carbocycles. The summed E-state index contributed by atoms with van der Waals surface area (Å²) in [4.78, 5) is 22.7. The van der Waals surface area contributed by atoms with Gasteiger partial charge in [-0.15, -0.1) is 0 Å². The topological polar surface area (TPSA) is 75.6 Å². The Kier molecular flexibility index (Phi) is 7.01. The van der Waals surface area contributed by atoms with Gasteiger partial charge in [-0.25, -0.2) is 4.79 Å². The lowest BCUT2D eigenvalue weighted by atomic mass is 10.1. The molecule has 0 aromatic heterocycles. The van der Waals surface area contributed by atoms with Gasteiger partial charge in [-0.2, -0.15) is 0 Å². The van der Waals surface area contributed by atoms with Crippen LogP contribution in [0.3, 0.4) is 0 Å². The number of nitrogens with one attached hydrogen (secondary N) is 1. The Hall–Kier alpha value is -2.82. The fourth-order valence-electron chi connectivity index (χ4n) is 2.43. The summed E-state index contributed by atoms with van der Waals surface area (Å²) in [5.41, 5.74) is 2.23. The quantitative estimate of drug-likeness (QED) is 0.687. The monoisotopic (exact) mass is 341 g/mol. The number of rotatable bonds is 9. The van der Waals surface area contributed by atoms with E-state index in [-0.39, 0.29) is 11.5 Å². The first-order chi connectivity index (χ1) is 12.1. The van der Waals surface area contributed by atoms with Gasteiger partial charge in [0.1, 0.15) is 5.75 Å². The second-order valence-electron chi connectivity index (χ2n) is 5.82. The third-order valence-corrected chi connectivity index (χ3v) is 3.81. The Morgan fingerprint density at radius 1 is 1.12 bits per heavy atom. The number of aromatic carboxylic acids is 1. The van der Waals surface area contributed by atoms with E-state index in [0.717, 1.165) is 16.9 Å². The number of carbonyl (C=O) groups is 2. The smallest absolute Gasteiger partial charge is 0.335 e. The van der Waals surface area contributed by atoms with Crippen LogP contribution in [-0.2, 0) is 11.2 Å². The van der Waals surface area contributed by atoms with Gasteiger partial charge >= 0.3 is 5.97 Å². The Bertz CT molecular complexity index is 727. The minimum Gasteiger partial charge on any atom is -0.493 e. The minimum atomic E-state index is -0.945. The number of ether oxygens (including phenoxy) is 1. The summed E-state index contributed by atoms with van der Waals surface area (Å²) >= 11 is 0. The summed E-state index contributed by atoms with van der Waals surface area (Å²) in [6.45, 7) is 2.97. The van der Waals surface area contributed by atoms with Gasteiger partial charge in [0.2, 0.25) is 5.91 Å². The van der Waals surface area contributed by atoms with Gasteiger partial charge in [-0.1, -0.05) is 30.3 Å². The second kappa shape index (κ2) is 9.47. The molecular formula is C20H23NO4. The summed E-state index contributed by atoms with van der Waals surface area (Å²) in [5, 5.41) is 11.8. The molecule has 2 rings (SSSR count). The first kappa shape index (κ1) is 18.5. The van der Waals surface area contributed by atoms with Gasteiger partial charge in [0.05, 0.1) is 12.2 Å². The number of para-hydroxylation sites is 1. The number of carboxylic acids is 1. The van der Waals surface area contributed by atoms with Crippen molar-refractivity contribution in [3.8, 4) is 5.75 Å². The van der Waals surface area contributed by atoms with Crippen molar-refractivity contribution in [2.75, 3.05) is 13.2 Å². The molecule has 0 bridgehead atoms. The zero-order chi connectivity index (χ0) is 18.1. The van der Waals surface area contributed by atoms with Crippen molar-refractivity contribution in [2.24, 2.45) is 0 Å². The van der Waals surface area contributed by atoms with Crippen molar-refractivity contribution in [3.05, 3.63) is 65.2 Å². The van der Waals surface area contributed by atoms with Gasteiger partial charge in [0.15, 0.2) is 0 Å². The highest BCUT2D eigenvalue weighted by Crippen LogP contribution is 2.16. The Balaban J connectivity index is 1.63. The van der Waals surface area contributed by atoms with Crippen molar-refractivity contribution in [3.63, 3.8) is 0 Å². The lowest BCUT2D eigenvalue weighted by Gasteiger charge is -2.09. The van der Waals surface area contributed by atoms with E-state index >= 15 is 0 Å². The molecule has 0 heterocycles. The third-order valence-electron chi connectivity index (χ3n) is 3.81. The van der Waals surface area contributed by atoms with E-state index in [1.807, 2.05) is 37.3 Å². The van der Waals surface area contributed by atoms with Crippen LogP contribution in [0.25, 0.3) is 0 Å². The highest BCUT2D eigenvalue weighted by molar-refractivity contribution is 5.87. The van der Waals surface area contributed by atoms with Gasteiger partial charge < -0.3 is 15.2 Å². The molecule has 0 atom stereocenters. The third kappa shape index (κ3) is 6.30. The van der Waals surface area contributed by atoms with Crippen LogP contribution < -0.4 is 10.1 Å². The lowest BCUT2D eigenvalue weighted by Crippen LogP contribution is -2.25. The van der Waals surface area contributed by atoms with Crippen LogP contribution in [0.2, 0.25) is 0 Å². The molecule has 2 aromatic rings. The Labute approximate surface area is 147 Å². The molecule has 132 valence electrons. The molecule has 0 aliphatic carbocycles. The van der Waals surface area contributed by atoms with Crippen LogP contribution >= 0.6 is 0 Å². The molecular weight excluding hydrogens is 318 g/mol. The van der Waals surface area contributed by atoms with E-state index in [2.05, 4.69) is 5.32 Å². The molecule has 2 aromatic carbocycles. The van der Waals surface area contributed by atoms with Crippen LogP contribution in [0, 0.1) is 6.92 Å². The molecule has 0 spiro atoms. The van der Waals surface area contributed by atoms with E-state index in [9.17, 15) is 9.59 Å². The predicted octanol–water partition coefficient (Wildman–Crippen LogP) is 3.21. The molecule has 0 radical (unpaired) electrons. The van der Waals surface area contributed by atoms with Crippen molar-refractivity contribution in [1.29, 1.82) is 0 Å². The van der Waals surface area contributed by atoms with E-state index in [0.29, 0.717) is 32.4 Å². The maximum absolute atomic E-state index is 11.8. The van der Waals surface area contributed by atoms with Gasteiger partial charge in [-0.3, -0.25) is 4.79 Å². The summed E-state index contributed by atoms with van der Waals surface area (Å²) in [5.74, 6) is -0.122. The zero-order valence-electron chi connectivity index (χ0n) is 14.3. The zero-order valence-corrected chi connectivity index (χ0v) is 14.3. The van der Waals surface area contributed by atoms with Gasteiger partial charge in [0.25, 0.3) is 0 Å². The Morgan fingerprint density at radius 3 is 2.68 bits per heavy atom. The molecule has 5 nitrogen and oxygen atoms in total. The van der Waals surface area contributed by atoms with Crippen LogP contribution in [0.15, 0.2) is 48.5 Å². The number of benzene rings is 2. The van der Waals surface area contributed by atoms with E-state index in [1.165, 1.54) is 0 Å². The van der Waals surface area contributed by atoms with Crippen LogP contribution in [0.1, 0.15) is 34.3 Å². The fraction of sp³-hybridized carbons (Fsp3) is 0.300. The maximum Gasteiger partial charge on any atom is 0.335 e. The summed E-state index contributed by atoms with van der Waals surface area (Å²) in [6.07, 6.45) is 1.66. The van der Waals surface area contributed by atoms with E-state index < -0.39 is 5.97 Å².